The van der Waals surface area contributed by atoms with Gasteiger partial charge in [-0.25, -0.2) is 0 Å². The number of hydrogen-bond acceptors (Lipinski definition) is 5. The van der Waals surface area contributed by atoms with E-state index in [9.17, 15) is 24.5 Å². The zero-order valence-electron chi connectivity index (χ0n) is 10.6. The van der Waals surface area contributed by atoms with Crippen molar-refractivity contribution in [2.75, 3.05) is 13.1 Å². The Bertz CT molecular complexity index is 610. The van der Waals surface area contributed by atoms with Gasteiger partial charge in [0, 0.05) is 17.2 Å². The van der Waals surface area contributed by atoms with Crippen LogP contribution < -0.4 is 5.32 Å². The molecule has 1 fully saturated rings. The summed E-state index contributed by atoms with van der Waals surface area (Å²) >= 11 is 0. The van der Waals surface area contributed by atoms with Crippen molar-refractivity contribution in [3.63, 3.8) is 0 Å². The summed E-state index contributed by atoms with van der Waals surface area (Å²) in [5.41, 5.74) is 0.326. The standard InChI is InChI=1S/C12H11N3O5/c1-7-2-3-8(4-9(7)15(19)20)12(18)14-5-10(16)13-11(17)6-14/h2-4H,5-6H2,1H3,(H,13,16,17). The molecule has 8 heteroatoms. The maximum atomic E-state index is 12.1. The number of aryl methyl sites for hydroxylation is 1. The fraction of sp³-hybridized carbons (Fsp3) is 0.250. The van der Waals surface area contributed by atoms with Crippen LogP contribution in [0.2, 0.25) is 0 Å². The highest BCUT2D eigenvalue weighted by Gasteiger charge is 2.28. The summed E-state index contributed by atoms with van der Waals surface area (Å²) in [6.07, 6.45) is 0. The first-order chi connectivity index (χ1) is 9.38. The SMILES string of the molecule is Cc1ccc(C(=O)N2CC(=O)NC(=O)C2)cc1[N+](=O)[O-]. The van der Waals surface area contributed by atoms with E-state index in [1.807, 2.05) is 0 Å². The lowest BCUT2D eigenvalue weighted by atomic mass is 10.1. The van der Waals surface area contributed by atoms with Crippen molar-refractivity contribution in [3.8, 4) is 0 Å². The minimum absolute atomic E-state index is 0.0739. The van der Waals surface area contributed by atoms with Crippen LogP contribution in [0, 0.1) is 17.0 Å². The molecule has 20 heavy (non-hydrogen) atoms. The summed E-state index contributed by atoms with van der Waals surface area (Å²) in [5, 5.41) is 12.9. The van der Waals surface area contributed by atoms with Gasteiger partial charge in [0.2, 0.25) is 11.8 Å². The van der Waals surface area contributed by atoms with Crippen LogP contribution in [-0.2, 0) is 9.59 Å². The molecular weight excluding hydrogens is 266 g/mol. The predicted octanol–water partition coefficient (Wildman–Crippen LogP) is 0.00182. The topological polar surface area (TPSA) is 110 Å². The number of rotatable bonds is 2. The fourth-order valence-corrected chi connectivity index (χ4v) is 1.90. The molecule has 0 spiro atoms. The van der Waals surface area contributed by atoms with E-state index in [1.165, 1.54) is 12.1 Å². The number of nitrogens with one attached hydrogen (secondary N) is 1. The summed E-state index contributed by atoms with van der Waals surface area (Å²) < 4.78 is 0. The molecule has 3 amide bonds. The van der Waals surface area contributed by atoms with Crippen molar-refractivity contribution in [1.29, 1.82) is 0 Å². The van der Waals surface area contributed by atoms with Gasteiger partial charge < -0.3 is 4.90 Å². The zero-order valence-corrected chi connectivity index (χ0v) is 10.6. The molecule has 8 nitrogen and oxygen atoms in total. The summed E-state index contributed by atoms with van der Waals surface area (Å²) in [4.78, 5) is 45.9. The Morgan fingerprint density at radius 1 is 1.30 bits per heavy atom. The molecule has 1 aliphatic heterocycles. The highest BCUT2D eigenvalue weighted by atomic mass is 16.6. The van der Waals surface area contributed by atoms with Crippen molar-refractivity contribution < 1.29 is 19.3 Å². The minimum Gasteiger partial charge on any atom is -0.320 e. The van der Waals surface area contributed by atoms with Crippen molar-refractivity contribution in [2.45, 2.75) is 6.92 Å². The van der Waals surface area contributed by atoms with Crippen LogP contribution in [0.15, 0.2) is 18.2 Å². The number of nitro groups is 1. The van der Waals surface area contributed by atoms with Gasteiger partial charge in [-0.3, -0.25) is 29.8 Å². The maximum Gasteiger partial charge on any atom is 0.273 e. The molecule has 0 saturated carbocycles. The van der Waals surface area contributed by atoms with Gasteiger partial charge in [0.15, 0.2) is 0 Å². The molecule has 0 aromatic heterocycles. The average molecular weight is 277 g/mol. The molecule has 0 unspecified atom stereocenters. The Labute approximate surface area is 113 Å². The molecule has 0 aliphatic carbocycles. The third-order valence-electron chi connectivity index (χ3n) is 2.89. The average Bonchev–Trinajstić information content (AvgIpc) is 2.37. The number of benzene rings is 1. The van der Waals surface area contributed by atoms with Crippen LogP contribution in [-0.4, -0.2) is 40.6 Å². The number of amides is 3. The van der Waals surface area contributed by atoms with Gasteiger partial charge in [-0.15, -0.1) is 0 Å². The Morgan fingerprint density at radius 3 is 2.45 bits per heavy atom. The molecular formula is C12H11N3O5. The zero-order chi connectivity index (χ0) is 14.9. The number of carbonyl (C=O) groups excluding carboxylic acids is 3. The van der Waals surface area contributed by atoms with Crippen LogP contribution in [0.25, 0.3) is 0 Å². The Morgan fingerprint density at radius 2 is 1.90 bits per heavy atom. The molecule has 1 heterocycles. The van der Waals surface area contributed by atoms with Gasteiger partial charge in [0.25, 0.3) is 11.6 Å². The van der Waals surface area contributed by atoms with E-state index >= 15 is 0 Å². The van der Waals surface area contributed by atoms with Crippen LogP contribution in [0.3, 0.4) is 0 Å². The normalized spacial score (nSPS) is 14.9. The molecule has 104 valence electrons. The molecule has 0 atom stereocenters. The Balaban J connectivity index is 2.29. The third-order valence-corrected chi connectivity index (χ3v) is 2.89. The third kappa shape index (κ3) is 2.63. The van der Waals surface area contributed by atoms with E-state index in [4.69, 9.17) is 0 Å². The number of nitro benzene ring substituents is 1. The number of imide groups is 1. The monoisotopic (exact) mass is 277 g/mol. The van der Waals surface area contributed by atoms with Gasteiger partial charge in [-0.1, -0.05) is 6.07 Å². The van der Waals surface area contributed by atoms with E-state index < -0.39 is 22.6 Å². The van der Waals surface area contributed by atoms with Crippen LogP contribution >= 0.6 is 0 Å². The lowest BCUT2D eigenvalue weighted by Gasteiger charge is -2.25. The second-order valence-electron chi connectivity index (χ2n) is 4.39. The van der Waals surface area contributed by atoms with Crippen molar-refractivity contribution in [1.82, 2.24) is 10.2 Å². The molecule has 1 aromatic carbocycles. The van der Waals surface area contributed by atoms with Gasteiger partial charge >= 0.3 is 0 Å². The largest absolute Gasteiger partial charge is 0.320 e. The van der Waals surface area contributed by atoms with Crippen LogP contribution in [0.5, 0.6) is 0 Å². The highest BCUT2D eigenvalue weighted by Crippen LogP contribution is 2.20. The van der Waals surface area contributed by atoms with E-state index in [0.717, 1.165) is 11.0 Å². The van der Waals surface area contributed by atoms with Gasteiger partial charge in [0.05, 0.1) is 4.92 Å². The van der Waals surface area contributed by atoms with E-state index in [1.54, 1.807) is 6.92 Å². The van der Waals surface area contributed by atoms with Crippen molar-refractivity contribution >= 4 is 23.4 Å². The second-order valence-corrected chi connectivity index (χ2v) is 4.39. The Hall–Kier alpha value is -2.77. The molecule has 1 aliphatic rings. The van der Waals surface area contributed by atoms with Crippen LogP contribution in [0.1, 0.15) is 15.9 Å². The lowest BCUT2D eigenvalue weighted by Crippen LogP contribution is -2.53. The number of nitrogens with zero attached hydrogens (tertiary/aromatic N) is 2. The first-order valence-electron chi connectivity index (χ1n) is 5.75. The summed E-state index contributed by atoms with van der Waals surface area (Å²) in [6, 6.07) is 4.04. The smallest absolute Gasteiger partial charge is 0.273 e. The number of hydrogen-bond donors (Lipinski definition) is 1. The first kappa shape index (κ1) is 13.7. The molecule has 1 N–H and O–H groups in total. The Kier molecular flexibility index (Phi) is 3.47. The summed E-state index contributed by atoms with van der Waals surface area (Å²) in [5.74, 6) is -1.73. The molecule has 0 bridgehead atoms. The van der Waals surface area contributed by atoms with Crippen molar-refractivity contribution in [2.24, 2.45) is 0 Å². The van der Waals surface area contributed by atoms with E-state index in [2.05, 4.69) is 5.32 Å². The van der Waals surface area contributed by atoms with Gasteiger partial charge in [-0.2, -0.15) is 0 Å². The molecule has 1 aromatic rings. The second kappa shape index (κ2) is 5.08. The van der Waals surface area contributed by atoms with Gasteiger partial charge in [-0.05, 0) is 13.0 Å². The van der Waals surface area contributed by atoms with Gasteiger partial charge in [0.1, 0.15) is 13.1 Å². The molecule has 1 saturated heterocycles. The number of piperazine rings is 1. The summed E-state index contributed by atoms with van der Waals surface area (Å²) in [7, 11) is 0. The summed E-state index contributed by atoms with van der Waals surface area (Å²) in [6.45, 7) is 1.07. The predicted molar refractivity (Wildman–Crippen MR) is 66.9 cm³/mol. The lowest BCUT2D eigenvalue weighted by molar-refractivity contribution is -0.385. The number of carbonyl (C=O) groups is 3. The first-order valence-corrected chi connectivity index (χ1v) is 5.75. The highest BCUT2D eigenvalue weighted by molar-refractivity contribution is 6.05. The minimum atomic E-state index is -0.587. The fourth-order valence-electron chi connectivity index (χ4n) is 1.90. The van der Waals surface area contributed by atoms with E-state index in [0.29, 0.717) is 5.56 Å². The molecule has 0 radical (unpaired) electrons. The van der Waals surface area contributed by atoms with Crippen molar-refractivity contribution in [3.05, 3.63) is 39.4 Å². The van der Waals surface area contributed by atoms with Crippen LogP contribution in [0.4, 0.5) is 5.69 Å². The molecule has 2 rings (SSSR count). The quantitative estimate of drug-likeness (QED) is 0.465. The van der Waals surface area contributed by atoms with E-state index in [-0.39, 0.29) is 24.3 Å². The maximum absolute atomic E-state index is 12.1.